The number of ether oxygens (including phenoxy) is 1. The minimum atomic E-state index is -0.948. The Morgan fingerprint density at radius 2 is 2.33 bits per heavy atom. The van der Waals surface area contributed by atoms with Gasteiger partial charge < -0.3 is 20.5 Å². The first-order valence-corrected chi connectivity index (χ1v) is 7.17. The minimum absolute atomic E-state index is 0.152. The molecule has 0 bridgehead atoms. The van der Waals surface area contributed by atoms with Crippen molar-refractivity contribution in [3.8, 4) is 0 Å². The lowest BCUT2D eigenvalue weighted by Gasteiger charge is -2.33. The molecule has 0 aromatic heterocycles. The van der Waals surface area contributed by atoms with Crippen LogP contribution in [0.5, 0.6) is 0 Å². The molecule has 0 spiro atoms. The van der Waals surface area contributed by atoms with Gasteiger partial charge in [0, 0.05) is 31.2 Å². The highest BCUT2D eigenvalue weighted by molar-refractivity contribution is 7.99. The van der Waals surface area contributed by atoms with Crippen LogP contribution >= 0.6 is 11.8 Å². The van der Waals surface area contributed by atoms with Gasteiger partial charge in [-0.2, -0.15) is 11.8 Å². The molecule has 0 aromatic carbocycles. The molecular formula is C11H20N2O4S. The molecule has 6 nitrogen and oxygen atoms in total. The fourth-order valence-electron chi connectivity index (χ4n) is 1.86. The predicted octanol–water partition coefficient (Wildman–Crippen LogP) is -0.231. The van der Waals surface area contributed by atoms with Gasteiger partial charge in [-0.15, -0.1) is 0 Å². The quantitative estimate of drug-likeness (QED) is 0.696. The molecule has 1 saturated heterocycles. The Kier molecular flexibility index (Phi) is 6.45. The third-order valence-corrected chi connectivity index (χ3v) is 3.82. The van der Waals surface area contributed by atoms with E-state index in [9.17, 15) is 9.59 Å². The molecule has 0 aliphatic carbocycles. The van der Waals surface area contributed by atoms with Crippen LogP contribution in [0.25, 0.3) is 0 Å². The van der Waals surface area contributed by atoms with Crippen molar-refractivity contribution in [2.75, 3.05) is 31.2 Å². The highest BCUT2D eigenvalue weighted by Gasteiger charge is 2.33. The van der Waals surface area contributed by atoms with E-state index >= 15 is 0 Å². The Hall–Kier alpha value is -0.790. The highest BCUT2D eigenvalue weighted by atomic mass is 32.2. The third-order valence-electron chi connectivity index (χ3n) is 2.80. The number of amides is 1. The van der Waals surface area contributed by atoms with E-state index in [1.165, 1.54) is 4.90 Å². The Balaban J connectivity index is 2.59. The molecule has 7 heteroatoms. The van der Waals surface area contributed by atoms with Crippen LogP contribution in [0.1, 0.15) is 13.3 Å². The molecule has 18 heavy (non-hydrogen) atoms. The molecule has 0 radical (unpaired) electrons. The molecule has 2 atom stereocenters. The fourth-order valence-corrected chi connectivity index (χ4v) is 2.90. The lowest BCUT2D eigenvalue weighted by Crippen LogP contribution is -2.51. The number of carbonyl (C=O) groups excluding carboxylic acids is 1. The van der Waals surface area contributed by atoms with E-state index < -0.39 is 12.0 Å². The summed E-state index contributed by atoms with van der Waals surface area (Å²) in [7, 11) is 0. The molecule has 1 rings (SSSR count). The zero-order valence-electron chi connectivity index (χ0n) is 10.5. The summed E-state index contributed by atoms with van der Waals surface area (Å²) < 4.78 is 5.32. The lowest BCUT2D eigenvalue weighted by atomic mass is 10.2. The van der Waals surface area contributed by atoms with Gasteiger partial charge in [0.2, 0.25) is 5.91 Å². The van der Waals surface area contributed by atoms with Gasteiger partial charge in [0.1, 0.15) is 6.04 Å². The maximum absolute atomic E-state index is 12.1. The molecule has 1 heterocycles. The van der Waals surface area contributed by atoms with Crippen LogP contribution in [0.2, 0.25) is 0 Å². The van der Waals surface area contributed by atoms with Crippen LogP contribution in [0, 0.1) is 0 Å². The van der Waals surface area contributed by atoms with Crippen molar-refractivity contribution in [2.45, 2.75) is 25.5 Å². The second-order valence-electron chi connectivity index (χ2n) is 4.03. The van der Waals surface area contributed by atoms with Crippen molar-refractivity contribution in [2.24, 2.45) is 5.73 Å². The van der Waals surface area contributed by atoms with Crippen LogP contribution in [0.3, 0.4) is 0 Å². The third kappa shape index (κ3) is 4.15. The number of aliphatic carboxylic acids is 1. The highest BCUT2D eigenvalue weighted by Crippen LogP contribution is 2.18. The Morgan fingerprint density at radius 3 is 2.89 bits per heavy atom. The van der Waals surface area contributed by atoms with E-state index in [2.05, 4.69) is 0 Å². The first-order chi connectivity index (χ1) is 8.60. The number of nitrogens with two attached hydrogens (primary N) is 1. The van der Waals surface area contributed by atoms with Crippen molar-refractivity contribution < 1.29 is 19.4 Å². The molecule has 1 amide bonds. The normalized spacial score (nSPS) is 21.7. The zero-order valence-corrected chi connectivity index (χ0v) is 11.3. The van der Waals surface area contributed by atoms with Gasteiger partial charge >= 0.3 is 5.97 Å². The Bertz CT molecular complexity index is 301. The first kappa shape index (κ1) is 15.3. The topological polar surface area (TPSA) is 92.9 Å². The average Bonchev–Trinajstić information content (AvgIpc) is 2.38. The summed E-state index contributed by atoms with van der Waals surface area (Å²) in [5.74, 6) is 0.0864. The van der Waals surface area contributed by atoms with E-state index in [0.29, 0.717) is 18.9 Å². The number of hydrogen-bond acceptors (Lipinski definition) is 5. The van der Waals surface area contributed by atoms with Crippen molar-refractivity contribution in [1.82, 2.24) is 4.90 Å². The molecule has 0 saturated carbocycles. The van der Waals surface area contributed by atoms with Crippen molar-refractivity contribution in [3.63, 3.8) is 0 Å². The largest absolute Gasteiger partial charge is 0.480 e. The van der Waals surface area contributed by atoms with E-state index in [-0.39, 0.29) is 25.0 Å². The number of nitrogens with zero attached hydrogens (tertiary/aromatic N) is 1. The summed E-state index contributed by atoms with van der Waals surface area (Å²) in [5.41, 5.74) is 5.51. The van der Waals surface area contributed by atoms with Gasteiger partial charge in [-0.25, -0.2) is 4.79 Å². The maximum Gasteiger partial charge on any atom is 0.327 e. The monoisotopic (exact) mass is 276 g/mol. The van der Waals surface area contributed by atoms with E-state index in [1.807, 2.05) is 6.92 Å². The van der Waals surface area contributed by atoms with E-state index in [0.717, 1.165) is 5.75 Å². The summed E-state index contributed by atoms with van der Waals surface area (Å²) in [6.45, 7) is 3.07. The van der Waals surface area contributed by atoms with Crippen LogP contribution in [0.15, 0.2) is 0 Å². The Morgan fingerprint density at radius 1 is 1.61 bits per heavy atom. The molecule has 104 valence electrons. The Labute approximate surface area is 111 Å². The van der Waals surface area contributed by atoms with Gasteiger partial charge in [-0.1, -0.05) is 0 Å². The summed E-state index contributed by atoms with van der Waals surface area (Å²) >= 11 is 1.56. The molecule has 1 aliphatic heterocycles. The number of carbonyl (C=O) groups is 2. The van der Waals surface area contributed by atoms with Crippen LogP contribution < -0.4 is 5.73 Å². The maximum atomic E-state index is 12.1. The van der Waals surface area contributed by atoms with Crippen LogP contribution in [-0.4, -0.2) is 65.2 Å². The molecule has 0 aromatic rings. The summed E-state index contributed by atoms with van der Waals surface area (Å²) in [6, 6.07) is -0.726. The van der Waals surface area contributed by atoms with Gasteiger partial charge in [0.25, 0.3) is 0 Å². The van der Waals surface area contributed by atoms with Crippen molar-refractivity contribution >= 4 is 23.6 Å². The standard InChI is InChI=1S/C11H20N2O4S/c1-2-17-8(6-12)5-10(14)13-3-4-18-7-9(13)11(15)16/h8-9H,2-7,12H2,1H3,(H,15,16). The van der Waals surface area contributed by atoms with Crippen molar-refractivity contribution in [3.05, 3.63) is 0 Å². The summed E-state index contributed by atoms with van der Waals surface area (Å²) in [5, 5.41) is 9.09. The number of carboxylic acid groups (broad SMARTS) is 1. The number of carboxylic acids is 1. The van der Waals surface area contributed by atoms with Crippen LogP contribution in [-0.2, 0) is 14.3 Å². The van der Waals surface area contributed by atoms with Gasteiger partial charge in [-0.3, -0.25) is 4.79 Å². The number of rotatable bonds is 6. The van der Waals surface area contributed by atoms with E-state index in [4.69, 9.17) is 15.6 Å². The second kappa shape index (κ2) is 7.60. The summed E-state index contributed by atoms with van der Waals surface area (Å²) in [4.78, 5) is 24.6. The van der Waals surface area contributed by atoms with Crippen molar-refractivity contribution in [1.29, 1.82) is 0 Å². The lowest BCUT2D eigenvalue weighted by molar-refractivity contribution is -0.150. The van der Waals surface area contributed by atoms with Gasteiger partial charge in [-0.05, 0) is 6.92 Å². The van der Waals surface area contributed by atoms with Gasteiger partial charge in [0.05, 0.1) is 12.5 Å². The molecule has 1 fully saturated rings. The first-order valence-electron chi connectivity index (χ1n) is 6.01. The SMILES string of the molecule is CCOC(CN)CC(=O)N1CCSCC1C(=O)O. The van der Waals surface area contributed by atoms with E-state index in [1.54, 1.807) is 11.8 Å². The van der Waals surface area contributed by atoms with Crippen LogP contribution in [0.4, 0.5) is 0 Å². The smallest absolute Gasteiger partial charge is 0.327 e. The molecular weight excluding hydrogens is 256 g/mol. The molecule has 3 N–H and O–H groups in total. The minimum Gasteiger partial charge on any atom is -0.480 e. The number of hydrogen-bond donors (Lipinski definition) is 2. The fraction of sp³-hybridized carbons (Fsp3) is 0.818. The number of thioether (sulfide) groups is 1. The van der Waals surface area contributed by atoms with Gasteiger partial charge in [0.15, 0.2) is 0 Å². The zero-order chi connectivity index (χ0) is 13.5. The molecule has 2 unspecified atom stereocenters. The average molecular weight is 276 g/mol. The molecule has 1 aliphatic rings. The summed E-state index contributed by atoms with van der Waals surface area (Å²) in [6.07, 6.45) is -0.176. The predicted molar refractivity (Wildman–Crippen MR) is 69.5 cm³/mol. The second-order valence-corrected chi connectivity index (χ2v) is 5.18.